The van der Waals surface area contributed by atoms with E-state index >= 15 is 0 Å². The van der Waals surface area contributed by atoms with E-state index in [0.29, 0.717) is 28.7 Å². The molecule has 3 aromatic rings. The van der Waals surface area contributed by atoms with Crippen molar-refractivity contribution in [2.24, 2.45) is 5.41 Å². The molecule has 172 valence electrons. The molecule has 0 aliphatic heterocycles. The van der Waals surface area contributed by atoms with Crippen molar-refractivity contribution in [3.63, 3.8) is 0 Å². The molecular formula is C22H29N5O3S2. The number of aromatic nitrogens is 3. The molecule has 3 aromatic heterocycles. The van der Waals surface area contributed by atoms with Crippen molar-refractivity contribution in [1.29, 1.82) is 0 Å². The van der Waals surface area contributed by atoms with Gasteiger partial charge in [0, 0.05) is 18.5 Å². The normalized spacial score (nSPS) is 11.9. The summed E-state index contributed by atoms with van der Waals surface area (Å²) in [5.74, 6) is 0.00153. The summed E-state index contributed by atoms with van der Waals surface area (Å²) in [6.45, 7) is 12.3. The van der Waals surface area contributed by atoms with E-state index in [1.807, 2.05) is 52.1 Å². The van der Waals surface area contributed by atoms with Crippen molar-refractivity contribution >= 4 is 34.3 Å². The number of Topliss-reactive ketones (excluding diaryl/α,β-unsaturated/α-hetero) is 1. The highest BCUT2D eigenvalue weighted by molar-refractivity contribution is 7.18. The van der Waals surface area contributed by atoms with Crippen LogP contribution in [0.25, 0.3) is 21.1 Å². The molecule has 0 fully saturated rings. The summed E-state index contributed by atoms with van der Waals surface area (Å²) in [6.07, 6.45) is 0. The van der Waals surface area contributed by atoms with Crippen LogP contribution in [0.3, 0.4) is 0 Å². The molecule has 0 bridgehead atoms. The lowest BCUT2D eigenvalue weighted by Gasteiger charge is -2.19. The van der Waals surface area contributed by atoms with Gasteiger partial charge in [-0.05, 0) is 24.5 Å². The van der Waals surface area contributed by atoms with E-state index in [1.54, 1.807) is 0 Å². The Balaban J connectivity index is 2.16. The van der Waals surface area contributed by atoms with Crippen LogP contribution >= 0.6 is 22.7 Å². The molecule has 32 heavy (non-hydrogen) atoms. The van der Waals surface area contributed by atoms with E-state index in [0.717, 1.165) is 29.3 Å². The molecule has 0 radical (unpaired) electrons. The Bertz CT molecular complexity index is 1210. The molecule has 0 spiro atoms. The minimum absolute atomic E-state index is 0.0606. The minimum atomic E-state index is -0.615. The first-order chi connectivity index (χ1) is 15.1. The molecule has 3 rings (SSSR count). The van der Waals surface area contributed by atoms with Gasteiger partial charge in [0.1, 0.15) is 22.1 Å². The fourth-order valence-corrected chi connectivity index (χ4v) is 5.37. The van der Waals surface area contributed by atoms with Crippen molar-refractivity contribution in [1.82, 2.24) is 19.4 Å². The van der Waals surface area contributed by atoms with E-state index in [4.69, 9.17) is 5.73 Å². The number of thiazole rings is 1. The number of hydrogen-bond acceptors (Lipinski definition) is 8. The maximum atomic E-state index is 13.2. The zero-order valence-corrected chi connectivity index (χ0v) is 20.7. The molecular weight excluding hydrogens is 446 g/mol. The molecule has 0 saturated carbocycles. The van der Waals surface area contributed by atoms with Crippen LogP contribution in [0.15, 0.2) is 27.1 Å². The van der Waals surface area contributed by atoms with E-state index < -0.39 is 16.7 Å². The minimum Gasteiger partial charge on any atom is -0.384 e. The number of nitrogens with two attached hydrogens (primary N) is 1. The predicted molar refractivity (Wildman–Crippen MR) is 132 cm³/mol. The largest absolute Gasteiger partial charge is 0.384 e. The lowest BCUT2D eigenvalue weighted by Crippen LogP contribution is -2.37. The Hall–Kier alpha value is -2.56. The number of likely N-dealkylation sites (N-methyl/N-ethyl adjacent to an activating group) is 1. The summed E-state index contributed by atoms with van der Waals surface area (Å²) >= 11 is 2.61. The van der Waals surface area contributed by atoms with Gasteiger partial charge >= 0.3 is 5.69 Å². The van der Waals surface area contributed by atoms with E-state index in [9.17, 15) is 14.4 Å². The van der Waals surface area contributed by atoms with E-state index in [-0.39, 0.29) is 17.2 Å². The van der Waals surface area contributed by atoms with Crippen LogP contribution < -0.4 is 17.0 Å². The van der Waals surface area contributed by atoms with Gasteiger partial charge in [-0.25, -0.2) is 9.78 Å². The molecule has 0 aromatic carbocycles. The van der Waals surface area contributed by atoms with Crippen molar-refractivity contribution < 1.29 is 4.79 Å². The molecule has 0 aliphatic rings. The summed E-state index contributed by atoms with van der Waals surface area (Å²) in [4.78, 5) is 48.9. The maximum absolute atomic E-state index is 13.2. The van der Waals surface area contributed by atoms with Crippen molar-refractivity contribution in [2.75, 3.05) is 25.4 Å². The van der Waals surface area contributed by atoms with Gasteiger partial charge in [0.15, 0.2) is 5.78 Å². The SMILES string of the molecule is CCN(CC)CCn1c(N)c(-c2nc(-c3cccs3)c(C(=O)C(C)(C)C)s2)c(=O)[nH]c1=O. The molecule has 0 aliphatic carbocycles. The van der Waals surface area contributed by atoms with Gasteiger partial charge in [0.05, 0.1) is 9.75 Å². The van der Waals surface area contributed by atoms with E-state index in [1.165, 1.54) is 15.9 Å². The highest BCUT2D eigenvalue weighted by Crippen LogP contribution is 2.39. The Morgan fingerprint density at radius 2 is 1.94 bits per heavy atom. The monoisotopic (exact) mass is 475 g/mol. The lowest BCUT2D eigenvalue weighted by atomic mass is 9.89. The number of hydrogen-bond donors (Lipinski definition) is 2. The quantitative estimate of drug-likeness (QED) is 0.482. The summed E-state index contributed by atoms with van der Waals surface area (Å²) < 4.78 is 1.37. The smallest absolute Gasteiger partial charge is 0.329 e. The van der Waals surface area contributed by atoms with Crippen LogP contribution in [0.5, 0.6) is 0 Å². The predicted octanol–water partition coefficient (Wildman–Crippen LogP) is 3.54. The second-order valence-electron chi connectivity index (χ2n) is 8.45. The van der Waals surface area contributed by atoms with Crippen LogP contribution in [-0.4, -0.2) is 44.9 Å². The number of carbonyl (C=O) groups excluding carboxylic acids is 1. The van der Waals surface area contributed by atoms with Gasteiger partial charge in [0.2, 0.25) is 0 Å². The number of rotatable bonds is 8. The second-order valence-corrected chi connectivity index (χ2v) is 10.4. The Morgan fingerprint density at radius 1 is 1.25 bits per heavy atom. The fraction of sp³-hybridized carbons (Fsp3) is 0.455. The summed E-state index contributed by atoms with van der Waals surface area (Å²) in [6, 6.07) is 3.78. The number of ketones is 1. The number of thiophene rings is 1. The standard InChI is InChI=1S/C22H29N5O3S2/c1-6-26(7-2)10-11-27-18(23)14(19(29)25-21(27)30)20-24-15(13-9-8-12-31-13)16(32-20)17(28)22(3,4)5/h8-9,12H,6-7,10-11,23H2,1-5H3,(H,25,29,30). The van der Waals surface area contributed by atoms with Crippen molar-refractivity contribution in [2.45, 2.75) is 41.2 Å². The van der Waals surface area contributed by atoms with Gasteiger partial charge in [-0.1, -0.05) is 40.7 Å². The number of carbonyl (C=O) groups is 1. The van der Waals surface area contributed by atoms with Crippen LogP contribution in [-0.2, 0) is 6.54 Å². The number of H-pyrrole nitrogens is 1. The molecule has 10 heteroatoms. The Kier molecular flexibility index (Phi) is 7.16. The first kappa shape index (κ1) is 24.1. The van der Waals surface area contributed by atoms with E-state index in [2.05, 4.69) is 14.9 Å². The summed E-state index contributed by atoms with van der Waals surface area (Å²) in [5.41, 5.74) is 5.23. The third-order valence-electron chi connectivity index (χ3n) is 5.26. The van der Waals surface area contributed by atoms with Crippen molar-refractivity contribution in [3.8, 4) is 21.1 Å². The summed E-state index contributed by atoms with van der Waals surface area (Å²) in [5, 5.41) is 2.24. The van der Waals surface area contributed by atoms with Crippen LogP contribution in [0.1, 0.15) is 44.3 Å². The average Bonchev–Trinajstić information content (AvgIpc) is 3.39. The Morgan fingerprint density at radius 3 is 2.50 bits per heavy atom. The number of anilines is 1. The number of nitrogens with one attached hydrogen (secondary N) is 1. The third kappa shape index (κ3) is 4.77. The molecule has 8 nitrogen and oxygen atoms in total. The van der Waals surface area contributed by atoms with Gasteiger partial charge in [0.25, 0.3) is 5.56 Å². The highest BCUT2D eigenvalue weighted by Gasteiger charge is 2.30. The second kappa shape index (κ2) is 9.51. The third-order valence-corrected chi connectivity index (χ3v) is 7.21. The fourth-order valence-electron chi connectivity index (χ4n) is 3.30. The van der Waals surface area contributed by atoms with Crippen LogP contribution in [0.2, 0.25) is 0 Å². The lowest BCUT2D eigenvalue weighted by molar-refractivity contribution is 0.0863. The van der Waals surface area contributed by atoms with Crippen molar-refractivity contribution in [3.05, 3.63) is 43.2 Å². The van der Waals surface area contributed by atoms with Gasteiger partial charge < -0.3 is 10.6 Å². The first-order valence-corrected chi connectivity index (χ1v) is 12.2. The molecule has 3 heterocycles. The number of nitrogen functional groups attached to an aromatic ring is 1. The first-order valence-electron chi connectivity index (χ1n) is 10.5. The topological polar surface area (TPSA) is 114 Å². The maximum Gasteiger partial charge on any atom is 0.329 e. The molecule has 0 unspecified atom stereocenters. The summed E-state index contributed by atoms with van der Waals surface area (Å²) in [7, 11) is 0. The van der Waals surface area contributed by atoms with Crippen LogP contribution in [0.4, 0.5) is 5.82 Å². The molecule has 0 saturated heterocycles. The van der Waals surface area contributed by atoms with Gasteiger partial charge in [-0.3, -0.25) is 19.1 Å². The van der Waals surface area contributed by atoms with Crippen LogP contribution in [0, 0.1) is 5.41 Å². The zero-order valence-electron chi connectivity index (χ0n) is 19.0. The Labute approximate surface area is 194 Å². The van der Waals surface area contributed by atoms with Gasteiger partial charge in [-0.2, -0.15) is 0 Å². The number of aromatic amines is 1. The molecule has 0 amide bonds. The number of nitrogens with zero attached hydrogens (tertiary/aromatic N) is 3. The highest BCUT2D eigenvalue weighted by atomic mass is 32.1. The molecule has 0 atom stereocenters. The molecule has 3 N–H and O–H groups in total. The van der Waals surface area contributed by atoms with Gasteiger partial charge in [-0.15, -0.1) is 22.7 Å². The average molecular weight is 476 g/mol. The zero-order chi connectivity index (χ0) is 23.6.